The van der Waals surface area contributed by atoms with Gasteiger partial charge < -0.3 is 14.2 Å². The van der Waals surface area contributed by atoms with Gasteiger partial charge in [-0.1, -0.05) is 0 Å². The van der Waals surface area contributed by atoms with Gasteiger partial charge in [0, 0.05) is 6.42 Å². The van der Waals surface area contributed by atoms with Crippen LogP contribution in [0.25, 0.3) is 0 Å². The highest BCUT2D eigenvalue weighted by atomic mass is 32.2. The molecule has 1 heterocycles. The van der Waals surface area contributed by atoms with E-state index in [2.05, 4.69) is 0 Å². The summed E-state index contributed by atoms with van der Waals surface area (Å²) in [7, 11) is 4.66. The Morgan fingerprint density at radius 3 is 2.33 bits per heavy atom. The van der Waals surface area contributed by atoms with Crippen molar-refractivity contribution in [3.05, 3.63) is 17.7 Å². The number of ketones is 1. The van der Waals surface area contributed by atoms with Crippen LogP contribution in [-0.4, -0.2) is 38.6 Å². The normalized spacial score (nSPS) is 15.6. The van der Waals surface area contributed by atoms with Gasteiger partial charge in [0.15, 0.2) is 17.3 Å². The molecule has 0 amide bonds. The molecule has 5 heteroatoms. The second-order valence-corrected chi connectivity index (χ2v) is 6.29. The third-order valence-electron chi connectivity index (χ3n) is 3.82. The van der Waals surface area contributed by atoms with E-state index in [1.54, 1.807) is 33.5 Å². The lowest BCUT2D eigenvalue weighted by molar-refractivity contribution is 0.0955. The number of benzene rings is 1. The number of Topliss-reactive ketones (excluding diaryl/α,β-unsaturated/α-hetero) is 1. The molecule has 0 N–H and O–H groups in total. The first kappa shape index (κ1) is 16.0. The van der Waals surface area contributed by atoms with Crippen molar-refractivity contribution in [1.82, 2.24) is 0 Å². The van der Waals surface area contributed by atoms with E-state index in [1.165, 1.54) is 0 Å². The molecule has 116 valence electrons. The van der Waals surface area contributed by atoms with Gasteiger partial charge in [0.25, 0.3) is 0 Å². The Hall–Kier alpha value is -1.36. The van der Waals surface area contributed by atoms with E-state index in [-0.39, 0.29) is 5.78 Å². The molecule has 1 saturated heterocycles. The summed E-state index contributed by atoms with van der Waals surface area (Å²) in [5, 5.41) is 0. The maximum absolute atomic E-state index is 12.6. The molecule has 0 unspecified atom stereocenters. The van der Waals surface area contributed by atoms with Crippen LogP contribution < -0.4 is 14.2 Å². The lowest BCUT2D eigenvalue weighted by Crippen LogP contribution is -2.15. The molecule has 0 saturated carbocycles. The van der Waals surface area contributed by atoms with Crippen molar-refractivity contribution >= 4 is 17.5 Å². The van der Waals surface area contributed by atoms with Crippen molar-refractivity contribution in [3.8, 4) is 17.2 Å². The summed E-state index contributed by atoms with van der Waals surface area (Å²) in [6, 6.07) is 3.52. The monoisotopic (exact) mass is 310 g/mol. The van der Waals surface area contributed by atoms with Crippen molar-refractivity contribution in [2.45, 2.75) is 19.3 Å². The van der Waals surface area contributed by atoms with Crippen LogP contribution in [-0.2, 0) is 0 Å². The molecule has 4 nitrogen and oxygen atoms in total. The third-order valence-corrected chi connectivity index (χ3v) is 4.87. The molecule has 1 aromatic carbocycles. The average Bonchev–Trinajstić information content (AvgIpc) is 2.53. The highest BCUT2D eigenvalue weighted by molar-refractivity contribution is 7.99. The van der Waals surface area contributed by atoms with Crippen LogP contribution in [0.15, 0.2) is 12.1 Å². The summed E-state index contributed by atoms with van der Waals surface area (Å²) in [5.41, 5.74) is 0.577. The molecule has 0 aliphatic carbocycles. The number of ether oxygens (including phenoxy) is 3. The van der Waals surface area contributed by atoms with Crippen LogP contribution in [0.1, 0.15) is 29.6 Å². The molecule has 0 aromatic heterocycles. The molecular weight excluding hydrogens is 288 g/mol. The standard InChI is InChI=1S/C16H22O4S/c1-18-14-5-4-12(15(19-2)16(14)20-3)13(17)10-11-6-8-21-9-7-11/h4-5,11H,6-10H2,1-3H3. The van der Waals surface area contributed by atoms with Crippen LogP contribution in [0.2, 0.25) is 0 Å². The predicted octanol–water partition coefficient (Wildman–Crippen LogP) is 3.43. The van der Waals surface area contributed by atoms with Crippen LogP contribution in [0.5, 0.6) is 17.2 Å². The number of methoxy groups -OCH3 is 3. The molecule has 0 spiro atoms. The van der Waals surface area contributed by atoms with Gasteiger partial charge in [0.1, 0.15) is 0 Å². The molecule has 21 heavy (non-hydrogen) atoms. The summed E-state index contributed by atoms with van der Waals surface area (Å²) < 4.78 is 16.0. The van der Waals surface area contributed by atoms with Crippen LogP contribution in [0, 0.1) is 5.92 Å². The maximum atomic E-state index is 12.6. The fraction of sp³-hybridized carbons (Fsp3) is 0.562. The Balaban J connectivity index is 2.23. The van der Waals surface area contributed by atoms with E-state index in [4.69, 9.17) is 14.2 Å². The SMILES string of the molecule is COc1ccc(C(=O)CC2CCSCC2)c(OC)c1OC. The summed E-state index contributed by atoms with van der Waals surface area (Å²) >= 11 is 1.97. The van der Waals surface area contributed by atoms with Gasteiger partial charge in [-0.2, -0.15) is 11.8 Å². The zero-order valence-corrected chi connectivity index (χ0v) is 13.6. The number of rotatable bonds is 6. The Bertz CT molecular complexity index is 495. The van der Waals surface area contributed by atoms with Crippen molar-refractivity contribution in [1.29, 1.82) is 0 Å². The fourth-order valence-corrected chi connectivity index (χ4v) is 3.85. The molecule has 0 radical (unpaired) electrons. The number of thioether (sulfide) groups is 1. The quantitative estimate of drug-likeness (QED) is 0.753. The van der Waals surface area contributed by atoms with Gasteiger partial charge in [0.05, 0.1) is 26.9 Å². The van der Waals surface area contributed by atoms with E-state index in [0.29, 0.717) is 35.2 Å². The highest BCUT2D eigenvalue weighted by Crippen LogP contribution is 2.40. The van der Waals surface area contributed by atoms with E-state index in [1.807, 2.05) is 11.8 Å². The van der Waals surface area contributed by atoms with Crippen molar-refractivity contribution in [2.24, 2.45) is 5.92 Å². The molecule has 1 aromatic rings. The first-order valence-corrected chi connectivity index (χ1v) is 8.26. The Labute approximate surface area is 130 Å². The summed E-state index contributed by atoms with van der Waals surface area (Å²) in [5.74, 6) is 4.42. The number of carbonyl (C=O) groups excluding carboxylic acids is 1. The summed E-state index contributed by atoms with van der Waals surface area (Å²) in [4.78, 5) is 12.6. The Morgan fingerprint density at radius 2 is 1.76 bits per heavy atom. The lowest BCUT2D eigenvalue weighted by atomic mass is 9.93. The van der Waals surface area contributed by atoms with Crippen molar-refractivity contribution < 1.29 is 19.0 Å². The van der Waals surface area contributed by atoms with Gasteiger partial charge >= 0.3 is 0 Å². The lowest BCUT2D eigenvalue weighted by Gasteiger charge is -2.21. The fourth-order valence-electron chi connectivity index (χ4n) is 2.64. The number of hydrogen-bond donors (Lipinski definition) is 0. The van der Waals surface area contributed by atoms with E-state index >= 15 is 0 Å². The van der Waals surface area contributed by atoms with Crippen molar-refractivity contribution in [3.63, 3.8) is 0 Å². The minimum Gasteiger partial charge on any atom is -0.493 e. The van der Waals surface area contributed by atoms with Gasteiger partial charge in [-0.15, -0.1) is 0 Å². The summed E-state index contributed by atoms with van der Waals surface area (Å²) in [6.45, 7) is 0. The molecule has 1 aliphatic heterocycles. The number of carbonyl (C=O) groups is 1. The largest absolute Gasteiger partial charge is 0.493 e. The molecule has 1 fully saturated rings. The first-order chi connectivity index (χ1) is 10.2. The third kappa shape index (κ3) is 3.64. The smallest absolute Gasteiger partial charge is 0.204 e. The minimum absolute atomic E-state index is 0.115. The molecule has 0 bridgehead atoms. The van der Waals surface area contributed by atoms with Gasteiger partial charge in [-0.25, -0.2) is 0 Å². The van der Waals surface area contributed by atoms with Gasteiger partial charge in [0.2, 0.25) is 5.75 Å². The zero-order chi connectivity index (χ0) is 15.2. The second-order valence-electron chi connectivity index (χ2n) is 5.06. The van der Waals surface area contributed by atoms with E-state index in [0.717, 1.165) is 24.3 Å². The number of hydrogen-bond acceptors (Lipinski definition) is 5. The first-order valence-electron chi connectivity index (χ1n) is 7.11. The van der Waals surface area contributed by atoms with Crippen LogP contribution in [0.3, 0.4) is 0 Å². The van der Waals surface area contributed by atoms with Crippen LogP contribution >= 0.6 is 11.8 Å². The molecule has 2 rings (SSSR count). The van der Waals surface area contributed by atoms with Crippen LogP contribution in [0.4, 0.5) is 0 Å². The maximum Gasteiger partial charge on any atom is 0.204 e. The molecule has 0 atom stereocenters. The zero-order valence-electron chi connectivity index (χ0n) is 12.8. The van der Waals surface area contributed by atoms with E-state index in [9.17, 15) is 4.79 Å². The Kier molecular flexibility index (Phi) is 5.79. The highest BCUT2D eigenvalue weighted by Gasteiger charge is 2.24. The second kappa shape index (κ2) is 7.59. The molecule has 1 aliphatic rings. The molecular formula is C16H22O4S. The minimum atomic E-state index is 0.115. The van der Waals surface area contributed by atoms with Gasteiger partial charge in [-0.05, 0) is 42.4 Å². The van der Waals surface area contributed by atoms with Crippen molar-refractivity contribution in [2.75, 3.05) is 32.8 Å². The summed E-state index contributed by atoms with van der Waals surface area (Å²) in [6.07, 6.45) is 2.81. The predicted molar refractivity (Wildman–Crippen MR) is 85.1 cm³/mol. The Morgan fingerprint density at radius 1 is 1.10 bits per heavy atom. The van der Waals surface area contributed by atoms with Gasteiger partial charge in [-0.3, -0.25) is 4.79 Å². The average molecular weight is 310 g/mol. The topological polar surface area (TPSA) is 44.8 Å². The van der Waals surface area contributed by atoms with E-state index < -0.39 is 0 Å².